The van der Waals surface area contributed by atoms with Crippen LogP contribution in [0.15, 0.2) is 0 Å². The molecular formula is C24H42N2O4. The molecule has 0 spiro atoms. The van der Waals surface area contributed by atoms with Crippen LogP contribution in [0.3, 0.4) is 0 Å². The molecule has 2 amide bonds. The number of rotatable bonds is 11. The van der Waals surface area contributed by atoms with Gasteiger partial charge >= 0.3 is 5.97 Å². The van der Waals surface area contributed by atoms with Gasteiger partial charge in [-0.15, -0.1) is 0 Å². The van der Waals surface area contributed by atoms with Crippen LogP contribution in [0.1, 0.15) is 80.1 Å². The van der Waals surface area contributed by atoms with Gasteiger partial charge in [0.1, 0.15) is 6.17 Å². The Bertz CT molecular complexity index is 578. The fraction of sp³-hybridized carbons (Fsp3) is 0.875. The van der Waals surface area contributed by atoms with Crippen LogP contribution in [0.5, 0.6) is 0 Å². The maximum absolute atomic E-state index is 13.0. The molecular weight excluding hydrogens is 380 g/mol. The predicted octanol–water partition coefficient (Wildman–Crippen LogP) is 4.24. The van der Waals surface area contributed by atoms with Crippen molar-refractivity contribution in [3.8, 4) is 0 Å². The molecule has 6 nitrogen and oxygen atoms in total. The number of amides is 2. The molecule has 0 bridgehead atoms. The zero-order valence-corrected chi connectivity index (χ0v) is 19.8. The maximum Gasteiger partial charge on any atom is 0.303 e. The second-order valence-electron chi connectivity index (χ2n) is 10.9. The molecule has 0 unspecified atom stereocenters. The van der Waals surface area contributed by atoms with Crippen molar-refractivity contribution < 1.29 is 19.5 Å². The van der Waals surface area contributed by atoms with Crippen LogP contribution >= 0.6 is 0 Å². The Balaban J connectivity index is 2.33. The highest BCUT2D eigenvalue weighted by Crippen LogP contribution is 2.36. The molecule has 2 fully saturated rings. The van der Waals surface area contributed by atoms with Crippen LogP contribution < -0.4 is 0 Å². The molecule has 0 aromatic heterocycles. The molecule has 2 saturated heterocycles. The van der Waals surface area contributed by atoms with E-state index in [0.29, 0.717) is 50.1 Å². The van der Waals surface area contributed by atoms with Crippen LogP contribution in [0.25, 0.3) is 0 Å². The van der Waals surface area contributed by atoms with E-state index < -0.39 is 12.1 Å². The average Bonchev–Trinajstić information content (AvgIpc) is 3.08. The molecule has 0 radical (unpaired) electrons. The zero-order valence-electron chi connectivity index (χ0n) is 19.8. The normalized spacial score (nSPS) is 23.7. The highest BCUT2D eigenvalue weighted by Gasteiger charge is 2.45. The lowest BCUT2D eigenvalue weighted by molar-refractivity contribution is -0.149. The van der Waals surface area contributed by atoms with Gasteiger partial charge in [-0.05, 0) is 48.9 Å². The number of carboxylic acids is 1. The van der Waals surface area contributed by atoms with E-state index in [1.165, 1.54) is 0 Å². The number of likely N-dealkylation sites (tertiary alicyclic amines) is 2. The third kappa shape index (κ3) is 6.71. The minimum absolute atomic E-state index is 0.0138. The average molecular weight is 423 g/mol. The van der Waals surface area contributed by atoms with Crippen molar-refractivity contribution in [1.29, 1.82) is 0 Å². The number of aliphatic carboxylic acids is 1. The van der Waals surface area contributed by atoms with Gasteiger partial charge in [-0.2, -0.15) is 0 Å². The molecule has 0 aromatic carbocycles. The largest absolute Gasteiger partial charge is 0.481 e. The summed E-state index contributed by atoms with van der Waals surface area (Å²) >= 11 is 0. The Hall–Kier alpha value is -1.59. The summed E-state index contributed by atoms with van der Waals surface area (Å²) in [6.07, 6.45) is 3.22. The van der Waals surface area contributed by atoms with Gasteiger partial charge in [-0.1, -0.05) is 41.5 Å². The standard InChI is InChI=1S/C24H42N2O4/c1-15(2)7-18-10-21(27)25(13-18)24(20(9-17(5)6)12-23(29)30)26-14-19(8-16(3)4)11-22(26)28/h15-20,24H,7-14H2,1-6H3,(H,29,30)/t18-,19-,20-/m0/s1. The number of hydrogen-bond donors (Lipinski definition) is 1. The molecule has 3 atom stereocenters. The van der Waals surface area contributed by atoms with Crippen molar-refractivity contribution in [3.63, 3.8) is 0 Å². The summed E-state index contributed by atoms with van der Waals surface area (Å²) in [5, 5.41) is 9.60. The van der Waals surface area contributed by atoms with Crippen molar-refractivity contribution in [1.82, 2.24) is 9.80 Å². The highest BCUT2D eigenvalue weighted by molar-refractivity contribution is 5.82. The first-order valence-electron chi connectivity index (χ1n) is 11.8. The summed E-state index contributed by atoms with van der Waals surface area (Å²) in [6, 6.07) is 0. The van der Waals surface area contributed by atoms with Crippen molar-refractivity contribution >= 4 is 17.8 Å². The molecule has 2 aliphatic rings. The van der Waals surface area contributed by atoms with Gasteiger partial charge in [0.05, 0.1) is 6.42 Å². The van der Waals surface area contributed by atoms with Crippen molar-refractivity contribution in [2.75, 3.05) is 13.1 Å². The first-order chi connectivity index (χ1) is 14.0. The number of carbonyl (C=O) groups excluding carboxylic acids is 2. The molecule has 0 saturated carbocycles. The van der Waals surface area contributed by atoms with E-state index in [2.05, 4.69) is 41.5 Å². The second-order valence-corrected chi connectivity index (χ2v) is 10.9. The van der Waals surface area contributed by atoms with E-state index in [9.17, 15) is 19.5 Å². The topological polar surface area (TPSA) is 77.9 Å². The number of nitrogens with zero attached hydrogens (tertiary/aromatic N) is 2. The summed E-state index contributed by atoms with van der Waals surface area (Å²) < 4.78 is 0. The smallest absolute Gasteiger partial charge is 0.303 e. The third-order valence-corrected chi connectivity index (χ3v) is 6.36. The summed E-state index contributed by atoms with van der Waals surface area (Å²) in [5.41, 5.74) is 0. The molecule has 0 aliphatic carbocycles. The summed E-state index contributed by atoms with van der Waals surface area (Å²) in [5.74, 6) is 0.931. The van der Waals surface area contributed by atoms with E-state index in [4.69, 9.17) is 0 Å². The van der Waals surface area contributed by atoms with Gasteiger partial charge in [-0.3, -0.25) is 14.4 Å². The number of carbonyl (C=O) groups is 3. The lowest BCUT2D eigenvalue weighted by atomic mass is 9.89. The van der Waals surface area contributed by atoms with Crippen LogP contribution in [-0.4, -0.2) is 51.9 Å². The van der Waals surface area contributed by atoms with E-state index in [1.54, 1.807) is 0 Å². The Morgan fingerprint density at radius 3 is 1.63 bits per heavy atom. The van der Waals surface area contributed by atoms with E-state index >= 15 is 0 Å². The Morgan fingerprint density at radius 2 is 1.30 bits per heavy atom. The molecule has 2 aliphatic heterocycles. The fourth-order valence-electron chi connectivity index (χ4n) is 5.60. The quantitative estimate of drug-likeness (QED) is 0.540. The summed E-state index contributed by atoms with van der Waals surface area (Å²) in [4.78, 5) is 41.5. The molecule has 2 rings (SSSR count). The monoisotopic (exact) mass is 422 g/mol. The van der Waals surface area contributed by atoms with E-state index in [-0.39, 0.29) is 36.0 Å². The molecule has 2 heterocycles. The van der Waals surface area contributed by atoms with Crippen molar-refractivity contribution in [3.05, 3.63) is 0 Å². The van der Waals surface area contributed by atoms with Gasteiger partial charge < -0.3 is 14.9 Å². The molecule has 30 heavy (non-hydrogen) atoms. The van der Waals surface area contributed by atoms with Crippen molar-refractivity contribution in [2.24, 2.45) is 35.5 Å². The maximum atomic E-state index is 13.0. The van der Waals surface area contributed by atoms with Gasteiger partial charge in [-0.25, -0.2) is 0 Å². The van der Waals surface area contributed by atoms with Gasteiger partial charge in [0.25, 0.3) is 0 Å². The van der Waals surface area contributed by atoms with Gasteiger partial charge in [0.15, 0.2) is 0 Å². The van der Waals surface area contributed by atoms with Crippen LogP contribution in [0, 0.1) is 35.5 Å². The molecule has 172 valence electrons. The zero-order chi connectivity index (χ0) is 22.6. The Labute approximate surface area is 182 Å². The highest BCUT2D eigenvalue weighted by atomic mass is 16.4. The Kier molecular flexibility index (Phi) is 8.74. The van der Waals surface area contributed by atoms with E-state index in [1.807, 2.05) is 9.80 Å². The fourth-order valence-corrected chi connectivity index (χ4v) is 5.60. The molecule has 0 aromatic rings. The third-order valence-electron chi connectivity index (χ3n) is 6.36. The SMILES string of the molecule is CC(C)C[C@H]1CC(=O)N(C([C@H](CC(=O)O)CC(C)C)N2C[C@@H](CC(C)C)CC2=O)C1. The summed E-state index contributed by atoms with van der Waals surface area (Å²) in [7, 11) is 0. The van der Waals surface area contributed by atoms with Gasteiger partial charge in [0, 0.05) is 31.8 Å². The summed E-state index contributed by atoms with van der Waals surface area (Å²) in [6.45, 7) is 14.1. The van der Waals surface area contributed by atoms with Crippen LogP contribution in [0.2, 0.25) is 0 Å². The van der Waals surface area contributed by atoms with Crippen LogP contribution in [-0.2, 0) is 14.4 Å². The van der Waals surface area contributed by atoms with E-state index in [0.717, 1.165) is 12.8 Å². The minimum Gasteiger partial charge on any atom is -0.481 e. The number of carboxylic acid groups (broad SMARTS) is 1. The molecule has 1 N–H and O–H groups in total. The van der Waals surface area contributed by atoms with Gasteiger partial charge in [0.2, 0.25) is 11.8 Å². The first-order valence-corrected chi connectivity index (χ1v) is 11.8. The Morgan fingerprint density at radius 1 is 0.867 bits per heavy atom. The minimum atomic E-state index is -0.860. The lowest BCUT2D eigenvalue weighted by Gasteiger charge is -2.41. The molecule has 6 heteroatoms. The second kappa shape index (κ2) is 10.6. The first kappa shape index (κ1) is 24.7. The lowest BCUT2D eigenvalue weighted by Crippen LogP contribution is -2.54. The number of hydrogen-bond acceptors (Lipinski definition) is 3. The van der Waals surface area contributed by atoms with Crippen molar-refractivity contribution in [2.45, 2.75) is 86.2 Å². The van der Waals surface area contributed by atoms with Crippen LogP contribution in [0.4, 0.5) is 0 Å². The predicted molar refractivity (Wildman–Crippen MR) is 118 cm³/mol.